The number of ether oxygens (including phenoxy) is 3. The van der Waals surface area contributed by atoms with Gasteiger partial charge in [-0.1, -0.05) is 37.6 Å². The van der Waals surface area contributed by atoms with E-state index in [9.17, 15) is 4.79 Å². The first kappa shape index (κ1) is 21.2. The van der Waals surface area contributed by atoms with Crippen molar-refractivity contribution in [2.75, 3.05) is 13.7 Å². The summed E-state index contributed by atoms with van der Waals surface area (Å²) in [5.41, 5.74) is 3.17. The van der Waals surface area contributed by atoms with E-state index in [0.717, 1.165) is 22.6 Å². The first-order valence-corrected chi connectivity index (χ1v) is 10.2. The van der Waals surface area contributed by atoms with Gasteiger partial charge < -0.3 is 14.2 Å². The molecule has 0 fully saturated rings. The lowest BCUT2D eigenvalue weighted by Gasteiger charge is -2.16. The number of esters is 1. The molecule has 0 unspecified atom stereocenters. The first-order valence-electron chi connectivity index (χ1n) is 9.14. The van der Waals surface area contributed by atoms with Gasteiger partial charge in [-0.3, -0.25) is 4.79 Å². The van der Waals surface area contributed by atoms with Crippen LogP contribution in [0.3, 0.4) is 0 Å². The largest absolute Gasteiger partial charge is 0.493 e. The van der Waals surface area contributed by atoms with Crippen LogP contribution in [0.1, 0.15) is 37.5 Å². The fraction of sp³-hybridized carbons (Fsp3) is 0.409. The molecule has 2 aromatic rings. The minimum Gasteiger partial charge on any atom is -0.493 e. The Labute approximate surface area is 166 Å². The van der Waals surface area contributed by atoms with Crippen molar-refractivity contribution in [3.63, 3.8) is 0 Å². The number of aryl methyl sites for hydroxylation is 1. The van der Waals surface area contributed by atoms with Gasteiger partial charge in [0.1, 0.15) is 5.75 Å². The van der Waals surface area contributed by atoms with E-state index in [0.29, 0.717) is 23.4 Å². The Kier molecular flexibility index (Phi) is 8.04. The van der Waals surface area contributed by atoms with Crippen LogP contribution in [0.4, 0.5) is 0 Å². The molecule has 2 aromatic carbocycles. The third kappa shape index (κ3) is 6.51. The maximum Gasteiger partial charge on any atom is 0.310 e. The number of thioether (sulfide) groups is 1. The second-order valence-electron chi connectivity index (χ2n) is 6.54. The summed E-state index contributed by atoms with van der Waals surface area (Å²) in [6.07, 6.45) is 0.206. The van der Waals surface area contributed by atoms with Crippen LogP contribution in [0.2, 0.25) is 0 Å². The average Bonchev–Trinajstić information content (AvgIpc) is 2.62. The van der Waals surface area contributed by atoms with E-state index < -0.39 is 0 Å². The SMILES string of the molecule is CCOC(=O)Cc1ccc(OC)c(Oc2ccc(C)cc2CSC(C)C)c1. The van der Waals surface area contributed by atoms with Crippen molar-refractivity contribution in [1.82, 2.24) is 0 Å². The van der Waals surface area contributed by atoms with Crippen LogP contribution in [-0.2, 0) is 21.7 Å². The lowest BCUT2D eigenvalue weighted by molar-refractivity contribution is -0.142. The number of hydrogen-bond donors (Lipinski definition) is 0. The van der Waals surface area contributed by atoms with E-state index >= 15 is 0 Å². The molecule has 0 spiro atoms. The topological polar surface area (TPSA) is 44.8 Å². The lowest BCUT2D eigenvalue weighted by Crippen LogP contribution is -2.07. The Balaban J connectivity index is 2.28. The molecule has 0 bridgehead atoms. The molecule has 0 saturated heterocycles. The number of rotatable bonds is 9. The second kappa shape index (κ2) is 10.3. The zero-order valence-electron chi connectivity index (χ0n) is 16.7. The van der Waals surface area contributed by atoms with Crippen molar-refractivity contribution >= 4 is 17.7 Å². The smallest absolute Gasteiger partial charge is 0.310 e. The molecule has 0 saturated carbocycles. The summed E-state index contributed by atoms with van der Waals surface area (Å²) in [5, 5.41) is 0.542. The fourth-order valence-electron chi connectivity index (χ4n) is 2.59. The Morgan fingerprint density at radius 3 is 2.48 bits per heavy atom. The number of methoxy groups -OCH3 is 1. The van der Waals surface area contributed by atoms with Crippen LogP contribution in [0.15, 0.2) is 36.4 Å². The van der Waals surface area contributed by atoms with Crippen LogP contribution >= 0.6 is 11.8 Å². The summed E-state index contributed by atoms with van der Waals surface area (Å²) in [6, 6.07) is 11.7. The summed E-state index contributed by atoms with van der Waals surface area (Å²) >= 11 is 1.87. The van der Waals surface area contributed by atoms with Gasteiger partial charge in [-0.05, 0) is 42.9 Å². The fourth-order valence-corrected chi connectivity index (χ4v) is 3.32. The predicted octanol–water partition coefficient (Wildman–Crippen LogP) is 5.54. The summed E-state index contributed by atoms with van der Waals surface area (Å²) < 4.78 is 16.7. The van der Waals surface area contributed by atoms with Crippen molar-refractivity contribution in [3.8, 4) is 17.2 Å². The maximum absolute atomic E-state index is 11.8. The molecule has 0 aliphatic rings. The van der Waals surface area contributed by atoms with Crippen molar-refractivity contribution in [2.45, 2.75) is 45.1 Å². The monoisotopic (exact) mass is 388 g/mol. The maximum atomic E-state index is 11.8. The highest BCUT2D eigenvalue weighted by Gasteiger charge is 2.13. The van der Waals surface area contributed by atoms with Gasteiger partial charge in [-0.2, -0.15) is 11.8 Å². The van der Waals surface area contributed by atoms with Gasteiger partial charge in [0, 0.05) is 11.3 Å². The standard InChI is InChI=1S/C22H28O4S/c1-6-25-22(23)13-17-8-10-20(24-5)21(12-17)26-19-9-7-16(4)11-18(19)14-27-15(2)3/h7-12,15H,6,13-14H2,1-5H3. The molecule has 5 heteroatoms. The Morgan fingerprint density at radius 2 is 1.81 bits per heavy atom. The van der Waals surface area contributed by atoms with E-state index in [1.807, 2.05) is 42.1 Å². The number of carbonyl (C=O) groups excluding carboxylic acids is 1. The van der Waals surface area contributed by atoms with Gasteiger partial charge in [0.05, 0.1) is 20.1 Å². The zero-order valence-corrected chi connectivity index (χ0v) is 17.5. The molecule has 0 aliphatic carbocycles. The van der Waals surface area contributed by atoms with E-state index in [2.05, 4.69) is 26.8 Å². The quantitative estimate of drug-likeness (QED) is 0.528. The van der Waals surface area contributed by atoms with Crippen molar-refractivity contribution in [2.24, 2.45) is 0 Å². The molecule has 0 atom stereocenters. The molecule has 146 valence electrons. The molecule has 0 N–H and O–H groups in total. The van der Waals surface area contributed by atoms with Gasteiger partial charge in [0.25, 0.3) is 0 Å². The number of hydrogen-bond acceptors (Lipinski definition) is 5. The normalized spacial score (nSPS) is 10.7. The minimum atomic E-state index is -0.252. The summed E-state index contributed by atoms with van der Waals surface area (Å²) in [7, 11) is 1.61. The molecule has 0 radical (unpaired) electrons. The molecule has 2 rings (SSSR count). The minimum absolute atomic E-state index is 0.206. The summed E-state index contributed by atoms with van der Waals surface area (Å²) in [4.78, 5) is 11.8. The highest BCUT2D eigenvalue weighted by atomic mass is 32.2. The highest BCUT2D eigenvalue weighted by Crippen LogP contribution is 2.36. The molecule has 27 heavy (non-hydrogen) atoms. The van der Waals surface area contributed by atoms with Gasteiger partial charge in [0.2, 0.25) is 0 Å². The van der Waals surface area contributed by atoms with Gasteiger partial charge in [-0.25, -0.2) is 0 Å². The van der Waals surface area contributed by atoms with E-state index in [1.165, 1.54) is 5.56 Å². The highest BCUT2D eigenvalue weighted by molar-refractivity contribution is 7.99. The molecule has 0 aromatic heterocycles. The van der Waals surface area contributed by atoms with Crippen molar-refractivity contribution < 1.29 is 19.0 Å². The van der Waals surface area contributed by atoms with Gasteiger partial charge in [0.15, 0.2) is 11.5 Å². The van der Waals surface area contributed by atoms with E-state index in [-0.39, 0.29) is 12.4 Å². The molecule has 0 aliphatic heterocycles. The lowest BCUT2D eigenvalue weighted by atomic mass is 10.1. The van der Waals surface area contributed by atoms with Crippen molar-refractivity contribution in [1.29, 1.82) is 0 Å². The van der Waals surface area contributed by atoms with Gasteiger partial charge >= 0.3 is 5.97 Å². The number of benzene rings is 2. The average molecular weight is 389 g/mol. The first-order chi connectivity index (χ1) is 12.9. The Hall–Kier alpha value is -2.14. The molecule has 0 heterocycles. The molecule has 4 nitrogen and oxygen atoms in total. The predicted molar refractivity (Wildman–Crippen MR) is 111 cm³/mol. The number of carbonyl (C=O) groups is 1. The van der Waals surface area contributed by atoms with Crippen LogP contribution in [0, 0.1) is 6.92 Å². The molecule has 0 amide bonds. The Morgan fingerprint density at radius 1 is 1.07 bits per heavy atom. The third-order valence-corrected chi connectivity index (χ3v) is 5.03. The second-order valence-corrected chi connectivity index (χ2v) is 8.10. The van der Waals surface area contributed by atoms with E-state index in [4.69, 9.17) is 14.2 Å². The van der Waals surface area contributed by atoms with Crippen LogP contribution < -0.4 is 9.47 Å². The molecular formula is C22H28O4S. The zero-order chi connectivity index (χ0) is 19.8. The third-order valence-electron chi connectivity index (χ3n) is 3.89. The molecular weight excluding hydrogens is 360 g/mol. The summed E-state index contributed by atoms with van der Waals surface area (Å²) in [6.45, 7) is 8.62. The van der Waals surface area contributed by atoms with Gasteiger partial charge in [-0.15, -0.1) is 0 Å². The van der Waals surface area contributed by atoms with Crippen molar-refractivity contribution in [3.05, 3.63) is 53.1 Å². The summed E-state index contributed by atoms with van der Waals surface area (Å²) in [5.74, 6) is 2.65. The van der Waals surface area contributed by atoms with Crippen LogP contribution in [0.5, 0.6) is 17.2 Å². The van der Waals surface area contributed by atoms with Crippen LogP contribution in [-0.4, -0.2) is 24.9 Å². The Bertz CT molecular complexity index is 771. The van der Waals surface area contributed by atoms with Crippen LogP contribution in [0.25, 0.3) is 0 Å². The van der Waals surface area contributed by atoms with E-state index in [1.54, 1.807) is 14.0 Å².